The Bertz CT molecular complexity index is 483. The Morgan fingerprint density at radius 3 is 2.82 bits per heavy atom. The summed E-state index contributed by atoms with van der Waals surface area (Å²) in [6.07, 6.45) is 0.275. The zero-order valence-electron chi connectivity index (χ0n) is 9.64. The zero-order chi connectivity index (χ0) is 12.6. The van der Waals surface area contributed by atoms with Crippen molar-refractivity contribution >= 4 is 11.9 Å². The first kappa shape index (κ1) is 11.4. The number of carboxylic acids is 1. The smallest absolute Gasteiger partial charge is 0.326 e. The summed E-state index contributed by atoms with van der Waals surface area (Å²) in [5.74, 6) is -0.717. The molecule has 0 saturated carbocycles. The lowest BCUT2D eigenvalue weighted by atomic mass is 9.93. The maximum atomic E-state index is 12.0. The number of methoxy groups -OCH3 is 1. The third-order valence-corrected chi connectivity index (χ3v) is 3.05. The number of carbonyl (C=O) groups excluding carboxylic acids is 1. The average Bonchev–Trinajstić information content (AvgIpc) is 2.32. The summed E-state index contributed by atoms with van der Waals surface area (Å²) in [7, 11) is 3.01. The van der Waals surface area contributed by atoms with Gasteiger partial charge in [-0.2, -0.15) is 0 Å². The normalized spacial score (nSPS) is 18.8. The van der Waals surface area contributed by atoms with E-state index in [-0.39, 0.29) is 12.3 Å². The van der Waals surface area contributed by atoms with E-state index >= 15 is 0 Å². The Balaban J connectivity index is 2.53. The molecule has 1 amide bonds. The van der Waals surface area contributed by atoms with Crippen LogP contribution in [0.3, 0.4) is 0 Å². The molecule has 1 aromatic carbocycles. The fourth-order valence-electron chi connectivity index (χ4n) is 2.08. The minimum absolute atomic E-state index is 0.275. The number of benzene rings is 1. The Labute approximate surface area is 98.6 Å². The number of nitrogens with zero attached hydrogens (tertiary/aromatic N) is 1. The van der Waals surface area contributed by atoms with Gasteiger partial charge in [-0.1, -0.05) is 6.07 Å². The average molecular weight is 235 g/mol. The van der Waals surface area contributed by atoms with E-state index in [1.54, 1.807) is 18.2 Å². The van der Waals surface area contributed by atoms with E-state index in [1.807, 2.05) is 0 Å². The predicted molar refractivity (Wildman–Crippen MR) is 60.2 cm³/mol. The fraction of sp³-hybridized carbons (Fsp3) is 0.333. The third-order valence-electron chi connectivity index (χ3n) is 3.05. The van der Waals surface area contributed by atoms with Gasteiger partial charge >= 0.3 is 5.97 Å². The first-order valence-corrected chi connectivity index (χ1v) is 5.22. The van der Waals surface area contributed by atoms with E-state index in [0.717, 1.165) is 0 Å². The molecule has 2 rings (SSSR count). The van der Waals surface area contributed by atoms with Crippen molar-refractivity contribution in [2.75, 3.05) is 14.2 Å². The van der Waals surface area contributed by atoms with Crippen molar-refractivity contribution in [3.05, 3.63) is 29.3 Å². The van der Waals surface area contributed by atoms with Crippen LogP contribution < -0.4 is 4.74 Å². The number of likely N-dealkylation sites (N-methyl/N-ethyl adjacent to an activating group) is 1. The summed E-state index contributed by atoms with van der Waals surface area (Å²) >= 11 is 0. The summed E-state index contributed by atoms with van der Waals surface area (Å²) in [4.78, 5) is 24.3. The van der Waals surface area contributed by atoms with E-state index in [4.69, 9.17) is 9.84 Å². The molecule has 0 aliphatic carbocycles. The van der Waals surface area contributed by atoms with Crippen molar-refractivity contribution in [2.45, 2.75) is 12.5 Å². The van der Waals surface area contributed by atoms with Crippen LogP contribution in [0.2, 0.25) is 0 Å². The maximum absolute atomic E-state index is 12.0. The molecule has 5 heteroatoms. The predicted octanol–water partition coefficient (Wildman–Crippen LogP) is 0.776. The lowest BCUT2D eigenvalue weighted by Gasteiger charge is -2.31. The monoisotopic (exact) mass is 235 g/mol. The number of fused-ring (bicyclic) bond motifs is 1. The Hall–Kier alpha value is -2.04. The van der Waals surface area contributed by atoms with Crippen molar-refractivity contribution in [1.82, 2.24) is 4.90 Å². The Morgan fingerprint density at radius 1 is 1.53 bits per heavy atom. The number of aliphatic carboxylic acids is 1. The van der Waals surface area contributed by atoms with Crippen molar-refractivity contribution in [3.63, 3.8) is 0 Å². The van der Waals surface area contributed by atoms with Gasteiger partial charge in [0.2, 0.25) is 0 Å². The maximum Gasteiger partial charge on any atom is 0.326 e. The molecule has 0 fully saturated rings. The van der Waals surface area contributed by atoms with Crippen molar-refractivity contribution in [2.24, 2.45) is 0 Å². The van der Waals surface area contributed by atoms with Gasteiger partial charge in [0, 0.05) is 24.6 Å². The number of amides is 1. The van der Waals surface area contributed by atoms with E-state index in [0.29, 0.717) is 16.9 Å². The fourth-order valence-corrected chi connectivity index (χ4v) is 2.08. The molecule has 90 valence electrons. The lowest BCUT2D eigenvalue weighted by Crippen LogP contribution is -2.47. The highest BCUT2D eigenvalue weighted by molar-refractivity contribution is 6.00. The standard InChI is InChI=1S/C12H13NO4/c1-13-9(12(15)16)6-8-7(11(13)14)4-3-5-10(8)17-2/h3-5,9H,6H2,1-2H3,(H,15,16). The topological polar surface area (TPSA) is 66.8 Å². The van der Waals surface area contributed by atoms with Gasteiger partial charge in [0.1, 0.15) is 11.8 Å². The third kappa shape index (κ3) is 1.73. The van der Waals surface area contributed by atoms with Gasteiger partial charge < -0.3 is 14.7 Å². The second-order valence-corrected chi connectivity index (χ2v) is 3.96. The van der Waals surface area contributed by atoms with E-state index in [1.165, 1.54) is 19.1 Å². The van der Waals surface area contributed by atoms with Crippen LogP contribution in [0.1, 0.15) is 15.9 Å². The van der Waals surface area contributed by atoms with Crippen molar-refractivity contribution < 1.29 is 19.4 Å². The number of ether oxygens (including phenoxy) is 1. The van der Waals surface area contributed by atoms with Crippen LogP contribution in [0.4, 0.5) is 0 Å². The molecule has 5 nitrogen and oxygen atoms in total. The molecule has 1 aromatic rings. The Morgan fingerprint density at radius 2 is 2.24 bits per heavy atom. The lowest BCUT2D eigenvalue weighted by molar-refractivity contribution is -0.142. The minimum atomic E-state index is -1.00. The molecule has 1 N–H and O–H groups in total. The molecule has 1 aliphatic rings. The summed E-state index contributed by atoms with van der Waals surface area (Å²) in [6, 6.07) is 4.32. The first-order chi connectivity index (χ1) is 8.06. The van der Waals surface area contributed by atoms with Gasteiger partial charge in [-0.15, -0.1) is 0 Å². The largest absolute Gasteiger partial charge is 0.496 e. The number of hydrogen-bond donors (Lipinski definition) is 1. The van der Waals surface area contributed by atoms with Gasteiger partial charge in [-0.25, -0.2) is 4.79 Å². The first-order valence-electron chi connectivity index (χ1n) is 5.22. The number of rotatable bonds is 2. The highest BCUT2D eigenvalue weighted by atomic mass is 16.5. The molecule has 1 atom stereocenters. The van der Waals surface area contributed by atoms with E-state index in [2.05, 4.69) is 0 Å². The van der Waals surface area contributed by atoms with Crippen LogP contribution in [-0.2, 0) is 11.2 Å². The molecule has 1 aliphatic heterocycles. The van der Waals surface area contributed by atoms with Gasteiger partial charge in [0.15, 0.2) is 0 Å². The van der Waals surface area contributed by atoms with Crippen LogP contribution >= 0.6 is 0 Å². The second-order valence-electron chi connectivity index (χ2n) is 3.96. The van der Waals surface area contributed by atoms with E-state index < -0.39 is 12.0 Å². The van der Waals surface area contributed by atoms with Gasteiger partial charge in [-0.05, 0) is 12.1 Å². The Kier molecular flexibility index (Phi) is 2.75. The SMILES string of the molecule is COc1cccc2c1CC(C(=O)O)N(C)C2=O. The molecule has 1 heterocycles. The summed E-state index contributed by atoms with van der Waals surface area (Å²) in [6.45, 7) is 0. The van der Waals surface area contributed by atoms with Crippen LogP contribution in [-0.4, -0.2) is 42.1 Å². The van der Waals surface area contributed by atoms with Crippen LogP contribution in [0.15, 0.2) is 18.2 Å². The van der Waals surface area contributed by atoms with Gasteiger partial charge in [-0.3, -0.25) is 4.79 Å². The molecule has 0 aromatic heterocycles. The molecule has 1 unspecified atom stereocenters. The van der Waals surface area contributed by atoms with Crippen LogP contribution in [0.5, 0.6) is 5.75 Å². The molecule has 17 heavy (non-hydrogen) atoms. The van der Waals surface area contributed by atoms with Crippen molar-refractivity contribution in [3.8, 4) is 5.75 Å². The molecule has 0 saturated heterocycles. The van der Waals surface area contributed by atoms with Crippen LogP contribution in [0.25, 0.3) is 0 Å². The molecule has 0 spiro atoms. The number of hydrogen-bond acceptors (Lipinski definition) is 3. The molecule has 0 bridgehead atoms. The summed E-state index contributed by atoms with van der Waals surface area (Å²) in [5.41, 5.74) is 1.19. The molecule has 0 radical (unpaired) electrons. The molecular formula is C12H13NO4. The van der Waals surface area contributed by atoms with Crippen molar-refractivity contribution in [1.29, 1.82) is 0 Å². The highest BCUT2D eigenvalue weighted by Gasteiger charge is 2.35. The quantitative estimate of drug-likeness (QED) is 0.822. The second kappa shape index (κ2) is 4.08. The van der Waals surface area contributed by atoms with Gasteiger partial charge in [0.05, 0.1) is 7.11 Å². The van der Waals surface area contributed by atoms with Gasteiger partial charge in [0.25, 0.3) is 5.91 Å². The summed E-state index contributed by atoms with van der Waals surface area (Å²) in [5, 5.41) is 9.08. The zero-order valence-corrected chi connectivity index (χ0v) is 9.64. The minimum Gasteiger partial charge on any atom is -0.496 e. The van der Waals surface area contributed by atoms with E-state index in [9.17, 15) is 9.59 Å². The van der Waals surface area contributed by atoms with Crippen LogP contribution in [0, 0.1) is 0 Å². The molecular weight excluding hydrogens is 222 g/mol. The summed E-state index contributed by atoms with van der Waals surface area (Å²) < 4.78 is 5.16. The highest BCUT2D eigenvalue weighted by Crippen LogP contribution is 2.29. The number of carboxylic acid groups (broad SMARTS) is 1. The number of carbonyl (C=O) groups is 2.